The zero-order valence-electron chi connectivity index (χ0n) is 21.7. The molecule has 1 aliphatic heterocycles. The predicted molar refractivity (Wildman–Crippen MR) is 143 cm³/mol. The number of hydrogen-bond acceptors (Lipinski definition) is 6. The second-order valence-corrected chi connectivity index (χ2v) is 10.2. The molecule has 0 saturated heterocycles. The number of benzene rings is 2. The van der Waals surface area contributed by atoms with E-state index in [-0.39, 0.29) is 11.1 Å². The molecule has 0 bridgehead atoms. The van der Waals surface area contributed by atoms with Gasteiger partial charge in [-0.3, -0.25) is 4.98 Å². The van der Waals surface area contributed by atoms with Gasteiger partial charge in [0.25, 0.3) is 0 Å². The summed E-state index contributed by atoms with van der Waals surface area (Å²) in [4.78, 5) is 10.6. The first-order chi connectivity index (χ1) is 17.4. The molecule has 3 aromatic rings. The number of likely N-dealkylation sites (N-methyl/N-ethyl adjacent to an activating group) is 1. The maximum Gasteiger partial charge on any atom is 0.418 e. The van der Waals surface area contributed by atoms with Crippen LogP contribution in [0.15, 0.2) is 59.7 Å². The van der Waals surface area contributed by atoms with Gasteiger partial charge in [0.2, 0.25) is 0 Å². The second-order valence-electron chi connectivity index (χ2n) is 10.2. The molecule has 1 aromatic heterocycles. The van der Waals surface area contributed by atoms with Crippen molar-refractivity contribution in [2.75, 3.05) is 44.5 Å². The third-order valence-electron chi connectivity index (χ3n) is 6.02. The van der Waals surface area contributed by atoms with Gasteiger partial charge in [0.1, 0.15) is 24.9 Å². The molecule has 0 unspecified atom stereocenters. The van der Waals surface area contributed by atoms with Crippen molar-refractivity contribution in [3.8, 4) is 17.0 Å². The van der Waals surface area contributed by atoms with Crippen LogP contribution >= 0.6 is 0 Å². The first-order valence-corrected chi connectivity index (χ1v) is 12.1. The largest absolute Gasteiger partial charge is 0.492 e. The molecule has 0 radical (unpaired) electrons. The van der Waals surface area contributed by atoms with Crippen LogP contribution in [0.3, 0.4) is 0 Å². The van der Waals surface area contributed by atoms with E-state index in [9.17, 15) is 13.2 Å². The molecule has 9 heteroatoms. The molecule has 2 aromatic carbocycles. The van der Waals surface area contributed by atoms with Crippen LogP contribution in [0.25, 0.3) is 11.3 Å². The van der Waals surface area contributed by atoms with Crippen LogP contribution in [-0.4, -0.2) is 49.6 Å². The quantitative estimate of drug-likeness (QED) is 0.410. The lowest BCUT2D eigenvalue weighted by atomic mass is 9.86. The average Bonchev–Trinajstić information content (AvgIpc) is 2.82. The van der Waals surface area contributed by atoms with E-state index in [2.05, 4.69) is 52.3 Å². The Morgan fingerprint density at radius 1 is 1.03 bits per heavy atom. The third kappa shape index (κ3) is 6.22. The highest BCUT2D eigenvalue weighted by molar-refractivity contribution is 6.13. The molecule has 0 spiro atoms. The first-order valence-electron chi connectivity index (χ1n) is 12.1. The van der Waals surface area contributed by atoms with Gasteiger partial charge in [-0.05, 0) is 55.4 Å². The monoisotopic (exact) mass is 511 g/mol. The van der Waals surface area contributed by atoms with Gasteiger partial charge < -0.3 is 20.3 Å². The van der Waals surface area contributed by atoms with E-state index in [0.29, 0.717) is 30.4 Å². The Morgan fingerprint density at radius 3 is 2.51 bits per heavy atom. The van der Waals surface area contributed by atoms with Crippen molar-refractivity contribution in [2.24, 2.45) is 4.99 Å². The number of amidine groups is 1. The Labute approximate surface area is 215 Å². The summed E-state index contributed by atoms with van der Waals surface area (Å²) in [6.07, 6.45) is -3.13. The summed E-state index contributed by atoms with van der Waals surface area (Å²) in [5.74, 6) is 1.43. The molecular formula is C28H32F3N5O. The summed E-state index contributed by atoms with van der Waals surface area (Å²) in [5, 5.41) is 6.53. The minimum absolute atomic E-state index is 0.0952. The molecule has 0 fully saturated rings. The lowest BCUT2D eigenvalue weighted by Crippen LogP contribution is -2.23. The van der Waals surface area contributed by atoms with Crippen LogP contribution in [0.2, 0.25) is 0 Å². The van der Waals surface area contributed by atoms with E-state index in [0.717, 1.165) is 35.2 Å². The van der Waals surface area contributed by atoms with Crippen molar-refractivity contribution in [2.45, 2.75) is 32.4 Å². The number of ether oxygens (including phenoxy) is 1. The summed E-state index contributed by atoms with van der Waals surface area (Å²) in [6, 6.07) is 13.4. The van der Waals surface area contributed by atoms with Crippen LogP contribution in [0.1, 0.15) is 37.5 Å². The van der Waals surface area contributed by atoms with Crippen LogP contribution in [0.4, 0.5) is 24.5 Å². The zero-order chi connectivity index (χ0) is 26.8. The molecule has 196 valence electrons. The van der Waals surface area contributed by atoms with E-state index in [1.807, 2.05) is 26.2 Å². The Balaban J connectivity index is 1.62. The van der Waals surface area contributed by atoms with Gasteiger partial charge in [-0.1, -0.05) is 32.9 Å². The average molecular weight is 512 g/mol. The summed E-state index contributed by atoms with van der Waals surface area (Å²) < 4.78 is 46.7. The first kappa shape index (κ1) is 26.5. The lowest BCUT2D eigenvalue weighted by Gasteiger charge is -2.25. The third-order valence-corrected chi connectivity index (χ3v) is 6.02. The Hall–Kier alpha value is -3.59. The van der Waals surface area contributed by atoms with Crippen LogP contribution in [-0.2, 0) is 11.6 Å². The van der Waals surface area contributed by atoms with Gasteiger partial charge in [-0.15, -0.1) is 0 Å². The fraction of sp³-hybridized carbons (Fsp3) is 0.357. The van der Waals surface area contributed by atoms with E-state index < -0.39 is 11.7 Å². The number of aromatic nitrogens is 1. The van der Waals surface area contributed by atoms with Crippen LogP contribution in [0.5, 0.6) is 5.75 Å². The van der Waals surface area contributed by atoms with Crippen molar-refractivity contribution in [1.82, 2.24) is 9.88 Å². The molecule has 4 rings (SSSR count). The molecule has 6 nitrogen and oxygen atoms in total. The minimum atomic E-state index is -4.49. The van der Waals surface area contributed by atoms with Crippen molar-refractivity contribution in [3.05, 3.63) is 71.4 Å². The van der Waals surface area contributed by atoms with E-state index in [1.165, 1.54) is 12.3 Å². The second kappa shape index (κ2) is 10.4. The SMILES string of the molecule is CN(C)CCOc1cc(NC2=NCNc3cc(-c4ncccc4C(F)(F)F)ccc32)ccc1C(C)(C)C. The normalized spacial score (nSPS) is 13.6. The molecular weight excluding hydrogens is 479 g/mol. The van der Waals surface area contributed by atoms with Gasteiger partial charge in [-0.25, -0.2) is 4.99 Å². The topological polar surface area (TPSA) is 61.8 Å². The number of nitrogens with zero attached hydrogens (tertiary/aromatic N) is 3. The number of nitrogens with one attached hydrogen (secondary N) is 2. The Morgan fingerprint density at radius 2 is 1.81 bits per heavy atom. The highest BCUT2D eigenvalue weighted by atomic mass is 19.4. The summed E-state index contributed by atoms with van der Waals surface area (Å²) in [7, 11) is 4.00. The number of anilines is 2. The lowest BCUT2D eigenvalue weighted by molar-refractivity contribution is -0.137. The fourth-order valence-corrected chi connectivity index (χ4v) is 4.12. The summed E-state index contributed by atoms with van der Waals surface area (Å²) in [6.45, 7) is 8.07. The van der Waals surface area contributed by atoms with Crippen molar-refractivity contribution in [1.29, 1.82) is 0 Å². The summed E-state index contributed by atoms with van der Waals surface area (Å²) >= 11 is 0. The van der Waals surface area contributed by atoms with E-state index in [1.54, 1.807) is 18.2 Å². The van der Waals surface area contributed by atoms with E-state index >= 15 is 0 Å². The fourth-order valence-electron chi connectivity index (χ4n) is 4.12. The maximum atomic E-state index is 13.5. The van der Waals surface area contributed by atoms with Gasteiger partial charge in [0, 0.05) is 41.3 Å². The highest BCUT2D eigenvalue weighted by Gasteiger charge is 2.34. The molecule has 2 heterocycles. The van der Waals surface area contributed by atoms with Gasteiger partial charge in [-0.2, -0.15) is 13.2 Å². The van der Waals surface area contributed by atoms with Crippen molar-refractivity contribution < 1.29 is 17.9 Å². The number of alkyl halides is 3. The number of fused-ring (bicyclic) bond motifs is 1. The zero-order valence-corrected chi connectivity index (χ0v) is 21.7. The van der Waals surface area contributed by atoms with E-state index in [4.69, 9.17) is 4.74 Å². The van der Waals surface area contributed by atoms with Crippen LogP contribution < -0.4 is 15.4 Å². The van der Waals surface area contributed by atoms with Crippen molar-refractivity contribution in [3.63, 3.8) is 0 Å². The number of hydrogen-bond donors (Lipinski definition) is 2. The summed E-state index contributed by atoms with van der Waals surface area (Å²) in [5.41, 5.74) is 2.77. The van der Waals surface area contributed by atoms with Crippen molar-refractivity contribution >= 4 is 17.2 Å². The van der Waals surface area contributed by atoms with Crippen LogP contribution in [0, 0.1) is 0 Å². The smallest absolute Gasteiger partial charge is 0.418 e. The van der Waals surface area contributed by atoms with Gasteiger partial charge in [0.15, 0.2) is 0 Å². The number of rotatable bonds is 6. The molecule has 2 N–H and O–H groups in total. The van der Waals surface area contributed by atoms with Gasteiger partial charge in [0.05, 0.1) is 11.3 Å². The standard InChI is InChI=1S/C28H32F3N5O/c1-27(2,3)21-11-9-19(16-24(21)37-14-13-36(4)5)35-26-20-10-8-18(15-23(20)33-17-34-26)25-22(28(29,30)31)7-6-12-32-25/h6-12,15-16,33H,13-14,17H2,1-5H3,(H,34,35). The Bertz CT molecular complexity index is 1300. The molecule has 0 amide bonds. The molecule has 0 aliphatic carbocycles. The Kier molecular flexibility index (Phi) is 7.45. The maximum absolute atomic E-state index is 13.5. The number of aliphatic imine (C=N–C) groups is 1. The number of halogens is 3. The molecule has 37 heavy (non-hydrogen) atoms. The molecule has 0 atom stereocenters. The minimum Gasteiger partial charge on any atom is -0.492 e. The molecule has 1 aliphatic rings. The van der Waals surface area contributed by atoms with Gasteiger partial charge >= 0.3 is 6.18 Å². The predicted octanol–water partition coefficient (Wildman–Crippen LogP) is 6.25. The molecule has 0 saturated carbocycles. The number of pyridine rings is 1. The highest BCUT2D eigenvalue weighted by Crippen LogP contribution is 2.38.